The summed E-state index contributed by atoms with van der Waals surface area (Å²) in [5.41, 5.74) is 13.4. The highest BCUT2D eigenvalue weighted by Crippen LogP contribution is 2.41. The number of nitrogens with zero attached hydrogens (tertiary/aromatic N) is 4. The fourth-order valence-electron chi connectivity index (χ4n) is 8.26. The van der Waals surface area contributed by atoms with Gasteiger partial charge in [-0.05, 0) is 79.0 Å². The SMILES string of the molecule is COc1cc(C(=O)N2CC3CCC2[C@@H]3N)cc2nc(-c3cc4ccc(-c5cccc6c5C(=O)CC(=O)N6)cc4n3CC3CC3)n(C)c12. The summed E-state index contributed by atoms with van der Waals surface area (Å²) >= 11 is 0. The van der Waals surface area contributed by atoms with E-state index in [0.717, 1.165) is 58.5 Å². The summed E-state index contributed by atoms with van der Waals surface area (Å²) < 4.78 is 10.3. The zero-order chi connectivity index (χ0) is 32.1. The lowest BCUT2D eigenvalue weighted by atomic mass is 9.91. The summed E-state index contributed by atoms with van der Waals surface area (Å²) in [6.45, 7) is 1.56. The number of rotatable bonds is 6. The number of amides is 2. The molecule has 3 N–H and O–H groups in total. The van der Waals surface area contributed by atoms with Gasteiger partial charge in [0, 0.05) is 54.3 Å². The average molecular weight is 629 g/mol. The molecule has 3 fully saturated rings. The predicted octanol–water partition coefficient (Wildman–Crippen LogP) is 5.37. The van der Waals surface area contributed by atoms with Crippen molar-refractivity contribution in [2.75, 3.05) is 19.0 Å². The highest BCUT2D eigenvalue weighted by molar-refractivity contribution is 6.21. The van der Waals surface area contributed by atoms with Crippen LogP contribution >= 0.6 is 0 Å². The Labute approximate surface area is 271 Å². The van der Waals surface area contributed by atoms with Crippen molar-refractivity contribution in [3.63, 3.8) is 0 Å². The first-order chi connectivity index (χ1) is 22.8. The first-order valence-electron chi connectivity index (χ1n) is 16.5. The molecule has 2 aromatic heterocycles. The summed E-state index contributed by atoms with van der Waals surface area (Å²) in [7, 11) is 3.63. The Morgan fingerprint density at radius 2 is 1.91 bits per heavy atom. The number of ether oxygens (including phenoxy) is 1. The van der Waals surface area contributed by atoms with Crippen molar-refractivity contribution in [3.05, 3.63) is 65.7 Å². The van der Waals surface area contributed by atoms with E-state index in [2.05, 4.69) is 32.7 Å². The molecule has 4 aliphatic rings. The van der Waals surface area contributed by atoms with E-state index in [-0.39, 0.29) is 36.1 Å². The van der Waals surface area contributed by atoms with Gasteiger partial charge in [0.25, 0.3) is 5.91 Å². The fourth-order valence-corrected chi connectivity index (χ4v) is 8.26. The molecule has 2 aliphatic carbocycles. The number of nitrogens with two attached hydrogens (primary N) is 1. The Morgan fingerprint density at radius 1 is 1.06 bits per heavy atom. The summed E-state index contributed by atoms with van der Waals surface area (Å²) in [6, 6.07) is 17.9. The number of aryl methyl sites for hydroxylation is 1. The summed E-state index contributed by atoms with van der Waals surface area (Å²) in [6.07, 6.45) is 4.26. The number of likely N-dealkylation sites (tertiary alicyclic amines) is 1. The molecule has 9 rings (SSSR count). The number of benzene rings is 3. The zero-order valence-corrected chi connectivity index (χ0v) is 26.5. The standard InChI is InChI=1S/C37H36N6O4/c1-41-35-26(12-23(15-31(35)47-2)37(46)43-18-22-10-11-27(43)34(22)38)40-36(41)29-14-21-9-8-20(13-28(21)42(29)17-19-6-7-19)24-4-3-5-25-33(24)30(44)16-32(45)39-25/h3-5,8-9,12-15,19,22,27,34H,6-7,10-11,16-18,38H2,1-2H3,(H,39,45)/t22?,27?,34-/m1/s1. The van der Waals surface area contributed by atoms with E-state index in [1.807, 2.05) is 42.3 Å². The Hall–Kier alpha value is -4.96. The molecule has 2 bridgehead atoms. The van der Waals surface area contributed by atoms with Gasteiger partial charge in [-0.1, -0.05) is 24.3 Å². The minimum absolute atomic E-state index is 0.0171. The van der Waals surface area contributed by atoms with Crippen molar-refractivity contribution in [1.29, 1.82) is 0 Å². The number of piperidine rings is 1. The van der Waals surface area contributed by atoms with E-state index in [0.29, 0.717) is 46.5 Å². The third-order valence-electron chi connectivity index (χ3n) is 10.8. The van der Waals surface area contributed by atoms with Crippen LogP contribution in [0.3, 0.4) is 0 Å². The van der Waals surface area contributed by atoms with Gasteiger partial charge in [-0.2, -0.15) is 0 Å². The molecule has 238 valence electrons. The monoisotopic (exact) mass is 628 g/mol. The molecular formula is C37H36N6O4. The molecule has 47 heavy (non-hydrogen) atoms. The maximum absolute atomic E-state index is 13.8. The number of anilines is 1. The Balaban J connectivity index is 1.16. The normalized spacial score (nSPS) is 21.9. The van der Waals surface area contributed by atoms with Crippen molar-refractivity contribution in [2.45, 2.75) is 50.7 Å². The van der Waals surface area contributed by atoms with E-state index in [4.69, 9.17) is 15.5 Å². The van der Waals surface area contributed by atoms with Gasteiger partial charge in [0.15, 0.2) is 11.6 Å². The van der Waals surface area contributed by atoms with Crippen molar-refractivity contribution in [3.8, 4) is 28.4 Å². The molecule has 3 atom stereocenters. The lowest BCUT2D eigenvalue weighted by molar-refractivity contribution is -0.115. The zero-order valence-electron chi connectivity index (χ0n) is 26.5. The number of ketones is 1. The van der Waals surface area contributed by atoms with Crippen LogP contribution in [-0.4, -0.2) is 62.4 Å². The number of fused-ring (bicyclic) bond motifs is 5. The van der Waals surface area contributed by atoms with Crippen molar-refractivity contribution in [1.82, 2.24) is 19.0 Å². The maximum atomic E-state index is 13.8. The van der Waals surface area contributed by atoms with Gasteiger partial charge in [0.2, 0.25) is 5.91 Å². The fraction of sp³-hybridized carbons (Fsp3) is 0.351. The van der Waals surface area contributed by atoms with Crippen LogP contribution in [0.5, 0.6) is 5.75 Å². The molecule has 0 spiro atoms. The van der Waals surface area contributed by atoms with E-state index < -0.39 is 0 Å². The Morgan fingerprint density at radius 3 is 2.66 bits per heavy atom. The van der Waals surface area contributed by atoms with Crippen LogP contribution in [-0.2, 0) is 18.4 Å². The molecule has 3 aromatic carbocycles. The van der Waals surface area contributed by atoms with Crippen molar-refractivity contribution < 1.29 is 19.1 Å². The Bertz CT molecular complexity index is 2170. The minimum Gasteiger partial charge on any atom is -0.494 e. The van der Waals surface area contributed by atoms with Gasteiger partial charge in [0.05, 0.1) is 30.4 Å². The van der Waals surface area contributed by atoms with Gasteiger partial charge < -0.3 is 29.8 Å². The van der Waals surface area contributed by atoms with Crippen molar-refractivity contribution >= 4 is 45.2 Å². The van der Waals surface area contributed by atoms with Gasteiger partial charge in [-0.15, -0.1) is 0 Å². The number of nitrogens with one attached hydrogen (secondary N) is 1. The van der Waals surface area contributed by atoms with E-state index in [1.165, 1.54) is 12.8 Å². The lowest BCUT2D eigenvalue weighted by Crippen LogP contribution is -2.41. The lowest BCUT2D eigenvalue weighted by Gasteiger charge is -2.27. The molecule has 1 saturated heterocycles. The second-order valence-corrected chi connectivity index (χ2v) is 13.7. The molecule has 2 unspecified atom stereocenters. The van der Waals surface area contributed by atoms with Crippen LogP contribution in [0.15, 0.2) is 54.6 Å². The number of aromatic nitrogens is 3. The highest BCUT2D eigenvalue weighted by Gasteiger charge is 2.47. The van der Waals surface area contributed by atoms with Gasteiger partial charge in [-0.3, -0.25) is 14.4 Å². The topological polar surface area (TPSA) is 124 Å². The van der Waals surface area contributed by atoms with E-state index >= 15 is 0 Å². The molecule has 5 aromatic rings. The number of hydrogen-bond acceptors (Lipinski definition) is 6. The molecule has 10 nitrogen and oxygen atoms in total. The molecule has 2 aliphatic heterocycles. The van der Waals surface area contributed by atoms with Crippen LogP contribution in [0.25, 0.3) is 44.6 Å². The first-order valence-corrected chi connectivity index (χ1v) is 16.5. The number of Topliss-reactive ketones (excluding diaryl/α,β-unsaturated/α-hetero) is 1. The smallest absolute Gasteiger partial charge is 0.254 e. The number of carbonyl (C=O) groups excluding carboxylic acids is 3. The summed E-state index contributed by atoms with van der Waals surface area (Å²) in [4.78, 5) is 45.9. The van der Waals surface area contributed by atoms with E-state index in [1.54, 1.807) is 13.2 Å². The van der Waals surface area contributed by atoms with Crippen LogP contribution in [0.1, 0.15) is 52.8 Å². The largest absolute Gasteiger partial charge is 0.494 e. The number of methoxy groups -OCH3 is 1. The summed E-state index contributed by atoms with van der Waals surface area (Å²) in [5, 5.41) is 3.93. The van der Waals surface area contributed by atoms with Crippen molar-refractivity contribution in [2.24, 2.45) is 24.6 Å². The first kappa shape index (κ1) is 28.3. The van der Waals surface area contributed by atoms with E-state index in [9.17, 15) is 14.4 Å². The average Bonchev–Trinajstić information content (AvgIpc) is 3.47. The number of carbonyl (C=O) groups is 3. The summed E-state index contributed by atoms with van der Waals surface area (Å²) in [5.74, 6) is 1.90. The predicted molar refractivity (Wildman–Crippen MR) is 179 cm³/mol. The van der Waals surface area contributed by atoms with Gasteiger partial charge >= 0.3 is 0 Å². The molecular weight excluding hydrogens is 592 g/mol. The molecule has 4 heterocycles. The molecule has 10 heteroatoms. The quantitative estimate of drug-likeness (QED) is 0.244. The maximum Gasteiger partial charge on any atom is 0.254 e. The van der Waals surface area contributed by atoms with Crippen LogP contribution < -0.4 is 15.8 Å². The highest BCUT2D eigenvalue weighted by atomic mass is 16.5. The number of imidazole rings is 1. The Kier molecular flexibility index (Phi) is 6.18. The van der Waals surface area contributed by atoms with Crippen LogP contribution in [0.4, 0.5) is 5.69 Å². The third-order valence-corrected chi connectivity index (χ3v) is 10.8. The van der Waals surface area contributed by atoms with Gasteiger partial charge in [0.1, 0.15) is 11.3 Å². The second kappa shape index (κ2) is 10.3. The van der Waals surface area contributed by atoms with Crippen LogP contribution in [0, 0.1) is 11.8 Å². The van der Waals surface area contributed by atoms with Crippen LogP contribution in [0.2, 0.25) is 0 Å². The second-order valence-electron chi connectivity index (χ2n) is 13.7. The van der Waals surface area contributed by atoms with Gasteiger partial charge in [-0.25, -0.2) is 4.98 Å². The number of hydrogen-bond donors (Lipinski definition) is 2. The molecule has 0 radical (unpaired) electrons. The third kappa shape index (κ3) is 4.34. The molecule has 2 amide bonds. The minimum atomic E-state index is -0.277. The molecule has 2 saturated carbocycles.